The van der Waals surface area contributed by atoms with E-state index in [0.29, 0.717) is 5.88 Å². The average molecular weight is 302 g/mol. The van der Waals surface area contributed by atoms with E-state index in [1.165, 1.54) is 10.5 Å². The van der Waals surface area contributed by atoms with Crippen molar-refractivity contribution in [2.45, 2.75) is 32.2 Å². The van der Waals surface area contributed by atoms with Crippen molar-refractivity contribution in [2.75, 3.05) is 12.8 Å². The molecule has 0 radical (unpaired) electrons. The number of aromatic nitrogens is 1. The highest BCUT2D eigenvalue weighted by atomic mass is 32.2. The molecule has 0 fully saturated rings. The molecule has 0 saturated heterocycles. The Morgan fingerprint density at radius 2 is 1.90 bits per heavy atom. The number of hydrogen-bond donors (Lipinski definition) is 1. The average Bonchev–Trinajstić information content (AvgIpc) is 2.47. The van der Waals surface area contributed by atoms with E-state index >= 15 is 0 Å². The maximum Gasteiger partial charge on any atom is 0.224 e. The van der Waals surface area contributed by atoms with Crippen LogP contribution in [0.25, 0.3) is 0 Å². The van der Waals surface area contributed by atoms with Crippen LogP contribution in [-0.2, 0) is 6.54 Å². The molecule has 0 unspecified atom stereocenters. The summed E-state index contributed by atoms with van der Waals surface area (Å²) in [5, 5.41) is 3.35. The summed E-state index contributed by atoms with van der Waals surface area (Å²) in [6, 6.07) is 10.2. The zero-order valence-electron chi connectivity index (χ0n) is 13.1. The van der Waals surface area contributed by atoms with Gasteiger partial charge in [0.05, 0.1) is 0 Å². The van der Waals surface area contributed by atoms with Crippen LogP contribution in [0.15, 0.2) is 35.2 Å². The Kier molecular flexibility index (Phi) is 5.65. The lowest BCUT2D eigenvalue weighted by Gasteiger charge is -2.14. The van der Waals surface area contributed by atoms with E-state index < -0.39 is 0 Å². The lowest BCUT2D eigenvalue weighted by Crippen LogP contribution is -2.14. The second-order valence-corrected chi connectivity index (χ2v) is 5.80. The number of hydrogen-bond acceptors (Lipinski definition) is 4. The predicted octanol–water partition coefficient (Wildman–Crippen LogP) is 4.32. The summed E-state index contributed by atoms with van der Waals surface area (Å²) in [5.74, 6) is 1.52. The summed E-state index contributed by atoms with van der Waals surface area (Å²) in [4.78, 5) is 5.78. The summed E-state index contributed by atoms with van der Waals surface area (Å²) in [6.07, 6.45) is 2.07. The third-order valence-electron chi connectivity index (χ3n) is 3.26. The quantitative estimate of drug-likeness (QED) is 0.806. The van der Waals surface area contributed by atoms with Crippen molar-refractivity contribution >= 4 is 11.8 Å². The molecule has 0 aliphatic heterocycles. The topological polar surface area (TPSA) is 34.2 Å². The molecule has 0 bridgehead atoms. The molecule has 3 nitrogen and oxygen atoms in total. The van der Waals surface area contributed by atoms with Gasteiger partial charge in [-0.3, -0.25) is 0 Å². The summed E-state index contributed by atoms with van der Waals surface area (Å²) in [5.41, 5.74) is 3.30. The third kappa shape index (κ3) is 4.22. The Balaban J connectivity index is 2.28. The Morgan fingerprint density at radius 1 is 1.19 bits per heavy atom. The number of aryl methyl sites for hydroxylation is 2. The standard InChI is InChI=1S/C17H22N2OS/c1-5-18-11-16-12(2)10-13(3)19-17(16)20-14-6-8-15(21-4)9-7-14/h6-10,18H,5,11H2,1-4H3. The van der Waals surface area contributed by atoms with Crippen LogP contribution >= 0.6 is 11.8 Å². The number of benzene rings is 1. The Morgan fingerprint density at radius 3 is 2.52 bits per heavy atom. The number of pyridine rings is 1. The van der Waals surface area contributed by atoms with E-state index in [0.717, 1.165) is 30.1 Å². The van der Waals surface area contributed by atoms with Crippen LogP contribution in [0, 0.1) is 13.8 Å². The summed E-state index contributed by atoms with van der Waals surface area (Å²) in [7, 11) is 0. The molecule has 4 heteroatoms. The van der Waals surface area contributed by atoms with Crippen molar-refractivity contribution in [3.63, 3.8) is 0 Å². The Labute approximate surface area is 131 Å². The van der Waals surface area contributed by atoms with Gasteiger partial charge < -0.3 is 10.1 Å². The minimum atomic E-state index is 0.699. The lowest BCUT2D eigenvalue weighted by atomic mass is 10.1. The normalized spacial score (nSPS) is 10.7. The highest BCUT2D eigenvalue weighted by molar-refractivity contribution is 7.98. The van der Waals surface area contributed by atoms with E-state index in [9.17, 15) is 0 Å². The molecule has 2 aromatic rings. The summed E-state index contributed by atoms with van der Waals surface area (Å²) < 4.78 is 6.01. The number of ether oxygens (including phenoxy) is 1. The second-order valence-electron chi connectivity index (χ2n) is 4.92. The van der Waals surface area contributed by atoms with Crippen LogP contribution in [0.1, 0.15) is 23.7 Å². The second kappa shape index (κ2) is 7.48. The highest BCUT2D eigenvalue weighted by Crippen LogP contribution is 2.27. The lowest BCUT2D eigenvalue weighted by molar-refractivity contribution is 0.451. The van der Waals surface area contributed by atoms with Crippen molar-refractivity contribution in [3.8, 4) is 11.6 Å². The fourth-order valence-electron chi connectivity index (χ4n) is 2.13. The fourth-order valence-corrected chi connectivity index (χ4v) is 2.54. The van der Waals surface area contributed by atoms with Crippen LogP contribution in [0.5, 0.6) is 11.6 Å². The van der Waals surface area contributed by atoms with Gasteiger partial charge in [-0.05, 0) is 62.5 Å². The Bertz CT molecular complexity index is 596. The van der Waals surface area contributed by atoms with Gasteiger partial charge in [-0.1, -0.05) is 6.92 Å². The molecule has 1 heterocycles. The minimum Gasteiger partial charge on any atom is -0.439 e. The molecular weight excluding hydrogens is 280 g/mol. The van der Waals surface area contributed by atoms with Crippen LogP contribution in [0.3, 0.4) is 0 Å². The van der Waals surface area contributed by atoms with Crippen molar-refractivity contribution in [1.82, 2.24) is 10.3 Å². The van der Waals surface area contributed by atoms with E-state index in [1.807, 2.05) is 19.1 Å². The summed E-state index contributed by atoms with van der Waals surface area (Å²) in [6.45, 7) is 7.89. The van der Waals surface area contributed by atoms with Gasteiger partial charge in [-0.25, -0.2) is 4.98 Å². The monoisotopic (exact) mass is 302 g/mol. The fraction of sp³-hybridized carbons (Fsp3) is 0.353. The molecule has 0 atom stereocenters. The molecule has 1 aromatic carbocycles. The predicted molar refractivity (Wildman–Crippen MR) is 89.4 cm³/mol. The number of nitrogens with one attached hydrogen (secondary N) is 1. The first kappa shape index (κ1) is 15.9. The molecule has 1 N–H and O–H groups in total. The van der Waals surface area contributed by atoms with Gasteiger partial charge >= 0.3 is 0 Å². The first-order valence-electron chi connectivity index (χ1n) is 7.13. The minimum absolute atomic E-state index is 0.699. The van der Waals surface area contributed by atoms with Gasteiger partial charge in [0.15, 0.2) is 0 Å². The molecule has 2 rings (SSSR count). The van der Waals surface area contributed by atoms with Gasteiger partial charge in [0.2, 0.25) is 5.88 Å². The van der Waals surface area contributed by atoms with Gasteiger partial charge in [0.1, 0.15) is 5.75 Å². The maximum absolute atomic E-state index is 6.01. The first-order valence-corrected chi connectivity index (χ1v) is 8.36. The van der Waals surface area contributed by atoms with Crippen molar-refractivity contribution in [3.05, 3.63) is 47.2 Å². The summed E-state index contributed by atoms with van der Waals surface area (Å²) >= 11 is 1.72. The van der Waals surface area contributed by atoms with Crippen LogP contribution < -0.4 is 10.1 Å². The largest absolute Gasteiger partial charge is 0.439 e. The number of thioether (sulfide) groups is 1. The van der Waals surface area contributed by atoms with E-state index in [-0.39, 0.29) is 0 Å². The molecule has 0 aliphatic carbocycles. The van der Waals surface area contributed by atoms with Crippen LogP contribution in [0.4, 0.5) is 0 Å². The van der Waals surface area contributed by atoms with Crippen LogP contribution in [-0.4, -0.2) is 17.8 Å². The van der Waals surface area contributed by atoms with E-state index in [2.05, 4.69) is 48.6 Å². The number of nitrogens with zero attached hydrogens (tertiary/aromatic N) is 1. The zero-order chi connectivity index (χ0) is 15.2. The van der Waals surface area contributed by atoms with Crippen LogP contribution in [0.2, 0.25) is 0 Å². The van der Waals surface area contributed by atoms with Crippen molar-refractivity contribution in [2.24, 2.45) is 0 Å². The molecule has 0 aliphatic rings. The van der Waals surface area contributed by atoms with Crippen molar-refractivity contribution in [1.29, 1.82) is 0 Å². The van der Waals surface area contributed by atoms with Gasteiger partial charge in [0, 0.05) is 22.7 Å². The van der Waals surface area contributed by atoms with Gasteiger partial charge in [-0.15, -0.1) is 11.8 Å². The molecular formula is C17H22N2OS. The smallest absolute Gasteiger partial charge is 0.224 e. The molecule has 0 amide bonds. The van der Waals surface area contributed by atoms with Gasteiger partial charge in [-0.2, -0.15) is 0 Å². The molecule has 1 aromatic heterocycles. The third-order valence-corrected chi connectivity index (χ3v) is 4.01. The highest BCUT2D eigenvalue weighted by Gasteiger charge is 2.11. The molecule has 0 spiro atoms. The maximum atomic E-state index is 6.01. The van der Waals surface area contributed by atoms with Crippen molar-refractivity contribution < 1.29 is 4.74 Å². The first-order chi connectivity index (χ1) is 10.1. The molecule has 112 valence electrons. The number of rotatable bonds is 6. The van der Waals surface area contributed by atoms with E-state index in [4.69, 9.17) is 4.74 Å². The van der Waals surface area contributed by atoms with Gasteiger partial charge in [0.25, 0.3) is 0 Å². The zero-order valence-corrected chi connectivity index (χ0v) is 13.9. The van der Waals surface area contributed by atoms with E-state index in [1.54, 1.807) is 11.8 Å². The molecule has 0 saturated carbocycles. The SMILES string of the molecule is CCNCc1c(C)cc(C)nc1Oc1ccc(SC)cc1. The molecule has 21 heavy (non-hydrogen) atoms. The Hall–Kier alpha value is -1.52.